The molecule has 0 fully saturated rings. The zero-order chi connectivity index (χ0) is 22.1. The van der Waals surface area contributed by atoms with Crippen molar-refractivity contribution in [2.75, 3.05) is 14.2 Å². The number of carboxylic acids is 1. The lowest BCUT2D eigenvalue weighted by Crippen LogP contribution is -2.18. The lowest BCUT2D eigenvalue weighted by Gasteiger charge is -2.13. The Morgan fingerprint density at radius 3 is 2.58 bits per heavy atom. The molecule has 0 aliphatic heterocycles. The summed E-state index contributed by atoms with van der Waals surface area (Å²) < 4.78 is 12.6. The van der Waals surface area contributed by atoms with Crippen molar-refractivity contribution in [3.8, 4) is 21.9 Å². The lowest BCUT2D eigenvalue weighted by molar-refractivity contribution is 0.0695. The summed E-state index contributed by atoms with van der Waals surface area (Å²) in [4.78, 5) is 26.5. The summed E-state index contributed by atoms with van der Waals surface area (Å²) in [5.41, 5.74) is 1.84. The molecule has 6 nitrogen and oxygen atoms in total. The Morgan fingerprint density at radius 2 is 1.87 bits per heavy atom. The number of methoxy groups -OCH3 is 2. The second-order valence-corrected chi connectivity index (χ2v) is 8.08. The fourth-order valence-corrected chi connectivity index (χ4v) is 4.98. The van der Waals surface area contributed by atoms with Crippen molar-refractivity contribution in [2.24, 2.45) is 0 Å². The van der Waals surface area contributed by atoms with Crippen molar-refractivity contribution in [1.29, 1.82) is 0 Å². The van der Waals surface area contributed by atoms with Crippen LogP contribution in [0.1, 0.15) is 21.5 Å². The minimum atomic E-state index is -1.24. The summed E-state index contributed by atoms with van der Waals surface area (Å²) in [5, 5.41) is 10.1. The second kappa shape index (κ2) is 8.28. The molecule has 0 bridgehead atoms. The number of carboxylic acid groups (broad SMARTS) is 1. The van der Waals surface area contributed by atoms with Crippen LogP contribution in [0.2, 0.25) is 0 Å². The van der Waals surface area contributed by atoms with E-state index < -0.39 is 11.4 Å². The van der Waals surface area contributed by atoms with E-state index in [1.54, 1.807) is 14.2 Å². The number of para-hydroxylation sites is 1. The molecule has 0 atom stereocenters. The van der Waals surface area contributed by atoms with Crippen molar-refractivity contribution in [1.82, 2.24) is 4.57 Å². The third-order valence-corrected chi connectivity index (χ3v) is 6.62. The molecule has 0 unspecified atom stereocenters. The van der Waals surface area contributed by atoms with Crippen LogP contribution >= 0.6 is 11.3 Å². The van der Waals surface area contributed by atoms with E-state index >= 15 is 0 Å². The van der Waals surface area contributed by atoms with E-state index in [2.05, 4.69) is 0 Å². The zero-order valence-electron chi connectivity index (χ0n) is 17.3. The number of thiophene rings is 1. The first kappa shape index (κ1) is 20.7. The van der Waals surface area contributed by atoms with E-state index in [9.17, 15) is 14.7 Å². The molecule has 31 heavy (non-hydrogen) atoms. The van der Waals surface area contributed by atoms with Gasteiger partial charge in [0, 0.05) is 16.6 Å². The van der Waals surface area contributed by atoms with Gasteiger partial charge in [0.15, 0.2) is 0 Å². The fourth-order valence-electron chi connectivity index (χ4n) is 3.70. The van der Waals surface area contributed by atoms with E-state index in [-0.39, 0.29) is 5.56 Å². The maximum atomic E-state index is 13.0. The molecule has 158 valence electrons. The smallest absolute Gasteiger partial charge is 0.341 e. The Labute approximate surface area is 182 Å². The zero-order valence-corrected chi connectivity index (χ0v) is 18.2. The van der Waals surface area contributed by atoms with Gasteiger partial charge in [0.05, 0.1) is 26.2 Å². The van der Waals surface area contributed by atoms with Crippen molar-refractivity contribution >= 4 is 27.5 Å². The Hall–Kier alpha value is -3.58. The van der Waals surface area contributed by atoms with Crippen LogP contribution in [0.5, 0.6) is 11.5 Å². The van der Waals surface area contributed by atoms with Crippen LogP contribution in [0.4, 0.5) is 0 Å². The number of fused-ring (bicyclic) bond motifs is 1. The quantitative estimate of drug-likeness (QED) is 0.471. The predicted octanol–water partition coefficient (Wildman–Crippen LogP) is 4.80. The van der Waals surface area contributed by atoms with Crippen LogP contribution in [-0.4, -0.2) is 29.9 Å². The summed E-state index contributed by atoms with van der Waals surface area (Å²) in [5.74, 6) is 0.173. The molecule has 0 aliphatic rings. The third-order valence-electron chi connectivity index (χ3n) is 5.24. The lowest BCUT2D eigenvalue weighted by atomic mass is 10.1. The van der Waals surface area contributed by atoms with Crippen molar-refractivity contribution < 1.29 is 19.4 Å². The number of aromatic nitrogens is 1. The number of benzene rings is 2. The number of hydrogen-bond donors (Lipinski definition) is 1. The van der Waals surface area contributed by atoms with Crippen LogP contribution in [0.3, 0.4) is 0 Å². The average Bonchev–Trinajstić information content (AvgIpc) is 3.13. The highest BCUT2D eigenvalue weighted by molar-refractivity contribution is 7.22. The van der Waals surface area contributed by atoms with Crippen LogP contribution < -0.4 is 14.9 Å². The first-order valence-corrected chi connectivity index (χ1v) is 10.4. The number of aryl methyl sites for hydroxylation is 1. The normalized spacial score (nSPS) is 10.9. The average molecular weight is 436 g/mol. The van der Waals surface area contributed by atoms with Crippen LogP contribution in [0.15, 0.2) is 59.5 Å². The maximum absolute atomic E-state index is 13.0. The van der Waals surface area contributed by atoms with Gasteiger partial charge >= 0.3 is 5.97 Å². The standard InChI is InChI=1S/C24H21NO5S/c1-14-20-21(26)18(24(27)28)13-25(12-16-7-4-5-10-19(16)30-3)23(20)31-22(14)15-8-6-9-17(11-15)29-2/h4-11,13H,12H2,1-3H3,(H,27,28). The van der Waals surface area contributed by atoms with E-state index in [0.29, 0.717) is 23.4 Å². The summed E-state index contributed by atoms with van der Waals surface area (Å²) in [6.45, 7) is 2.23. The molecular weight excluding hydrogens is 414 g/mol. The van der Waals surface area contributed by atoms with Crippen molar-refractivity contribution in [3.63, 3.8) is 0 Å². The molecule has 0 amide bonds. The number of rotatable bonds is 6. The molecular formula is C24H21NO5S. The van der Waals surface area contributed by atoms with Gasteiger partial charge in [-0.1, -0.05) is 30.3 Å². The molecule has 0 saturated heterocycles. The van der Waals surface area contributed by atoms with Crippen LogP contribution in [-0.2, 0) is 6.54 Å². The SMILES string of the molecule is COc1cccc(-c2sc3c(c2C)c(=O)c(C(=O)O)cn3Cc2ccccc2OC)c1. The van der Waals surface area contributed by atoms with E-state index in [1.807, 2.05) is 60.0 Å². The van der Waals surface area contributed by atoms with Gasteiger partial charge in [-0.15, -0.1) is 11.3 Å². The summed E-state index contributed by atoms with van der Waals surface area (Å²) in [7, 11) is 3.20. The van der Waals surface area contributed by atoms with Crippen molar-refractivity contribution in [3.05, 3.63) is 81.6 Å². The highest BCUT2D eigenvalue weighted by Crippen LogP contribution is 2.38. The monoisotopic (exact) mass is 435 g/mol. The molecule has 0 saturated carbocycles. The maximum Gasteiger partial charge on any atom is 0.341 e. The number of hydrogen-bond acceptors (Lipinski definition) is 5. The first-order chi connectivity index (χ1) is 14.9. The van der Waals surface area contributed by atoms with Gasteiger partial charge < -0.3 is 19.1 Å². The number of aromatic carboxylic acids is 1. The van der Waals surface area contributed by atoms with Gasteiger partial charge in [-0.3, -0.25) is 4.79 Å². The van der Waals surface area contributed by atoms with Crippen LogP contribution in [0.25, 0.3) is 20.7 Å². The van der Waals surface area contributed by atoms with Crippen molar-refractivity contribution in [2.45, 2.75) is 13.5 Å². The van der Waals surface area contributed by atoms with Gasteiger partial charge in [0.25, 0.3) is 0 Å². The summed E-state index contributed by atoms with van der Waals surface area (Å²) >= 11 is 1.46. The van der Waals surface area contributed by atoms with Gasteiger partial charge in [-0.25, -0.2) is 4.79 Å². The van der Waals surface area contributed by atoms with Gasteiger partial charge in [-0.05, 0) is 36.2 Å². The van der Waals surface area contributed by atoms with E-state index in [0.717, 1.165) is 26.4 Å². The molecule has 2 aromatic carbocycles. The minimum absolute atomic E-state index is 0.250. The number of pyridine rings is 1. The van der Waals surface area contributed by atoms with Gasteiger partial charge in [0.1, 0.15) is 21.9 Å². The molecule has 0 radical (unpaired) electrons. The summed E-state index contributed by atoms with van der Waals surface area (Å²) in [6, 6.07) is 15.2. The van der Waals surface area contributed by atoms with E-state index in [1.165, 1.54) is 17.5 Å². The summed E-state index contributed by atoms with van der Waals surface area (Å²) in [6.07, 6.45) is 1.42. The first-order valence-electron chi connectivity index (χ1n) is 9.60. The largest absolute Gasteiger partial charge is 0.497 e. The third kappa shape index (κ3) is 3.68. The molecule has 4 rings (SSSR count). The van der Waals surface area contributed by atoms with Gasteiger partial charge in [-0.2, -0.15) is 0 Å². The highest BCUT2D eigenvalue weighted by Gasteiger charge is 2.21. The number of carbonyl (C=O) groups is 1. The molecule has 4 aromatic rings. The molecule has 2 aromatic heterocycles. The van der Waals surface area contributed by atoms with Crippen LogP contribution in [0, 0.1) is 6.92 Å². The van der Waals surface area contributed by atoms with Gasteiger partial charge in [0.2, 0.25) is 5.43 Å². The number of ether oxygens (including phenoxy) is 2. The fraction of sp³-hybridized carbons (Fsp3) is 0.167. The highest BCUT2D eigenvalue weighted by atomic mass is 32.1. The second-order valence-electron chi connectivity index (χ2n) is 7.09. The van der Waals surface area contributed by atoms with E-state index in [4.69, 9.17) is 9.47 Å². The Balaban J connectivity index is 1.98. The minimum Gasteiger partial charge on any atom is -0.497 e. The molecule has 0 aliphatic carbocycles. The number of nitrogens with zero attached hydrogens (tertiary/aromatic N) is 1. The topological polar surface area (TPSA) is 77.8 Å². The Bertz CT molecular complexity index is 1350. The molecule has 1 N–H and O–H groups in total. The predicted molar refractivity (Wildman–Crippen MR) is 122 cm³/mol. The molecule has 2 heterocycles. The Morgan fingerprint density at radius 1 is 1.10 bits per heavy atom. The Kier molecular flexibility index (Phi) is 5.52. The molecule has 0 spiro atoms. The molecule has 7 heteroatoms.